The van der Waals surface area contributed by atoms with Crippen molar-refractivity contribution in [1.82, 2.24) is 10.1 Å². The highest BCUT2D eigenvalue weighted by atomic mass is 35.5. The number of rotatable bonds is 5. The minimum Gasteiger partial charge on any atom is -0.478 e. The lowest BCUT2D eigenvalue weighted by molar-refractivity contribution is 0.0697. The molecule has 0 atom stereocenters. The molecule has 10 heteroatoms. The monoisotopic (exact) mass is 503 g/mol. The van der Waals surface area contributed by atoms with E-state index in [1.807, 2.05) is 0 Å². The maximum atomic E-state index is 10.3. The number of aryl methyl sites for hydroxylation is 1. The van der Waals surface area contributed by atoms with Crippen LogP contribution in [-0.2, 0) is 6.61 Å². The summed E-state index contributed by atoms with van der Waals surface area (Å²) < 4.78 is 11.0. The second kappa shape index (κ2) is 11.1. The Morgan fingerprint density at radius 3 is 2.36 bits per heavy atom. The molecule has 4 aromatic rings. The summed E-state index contributed by atoms with van der Waals surface area (Å²) in [4.78, 5) is 15.2. The van der Waals surface area contributed by atoms with Gasteiger partial charge in [-0.05, 0) is 49.4 Å². The summed E-state index contributed by atoms with van der Waals surface area (Å²) in [5.41, 5.74) is 8.41. The molecule has 0 saturated heterocycles. The van der Waals surface area contributed by atoms with Crippen molar-refractivity contribution in [2.45, 2.75) is 18.4 Å². The minimum atomic E-state index is -0.909. The molecule has 2 aromatic heterocycles. The lowest BCUT2D eigenvalue weighted by atomic mass is 10.1. The van der Waals surface area contributed by atoms with Crippen molar-refractivity contribution in [2.24, 2.45) is 0 Å². The second-order valence-corrected chi connectivity index (χ2v) is 8.06. The maximum absolute atomic E-state index is 10.3. The van der Waals surface area contributed by atoms with E-state index >= 15 is 0 Å². The van der Waals surface area contributed by atoms with E-state index < -0.39 is 5.97 Å². The van der Waals surface area contributed by atoms with E-state index in [1.165, 1.54) is 18.3 Å². The van der Waals surface area contributed by atoms with Crippen LogP contribution in [0.1, 0.15) is 21.7 Å². The Kier molecular flexibility index (Phi) is 8.21. The van der Waals surface area contributed by atoms with Crippen LogP contribution in [0, 0.1) is 6.92 Å². The van der Waals surface area contributed by atoms with Crippen LogP contribution in [0.15, 0.2) is 70.2 Å². The molecule has 0 spiro atoms. The predicted octanol–water partition coefficient (Wildman–Crippen LogP) is 6.19. The molecule has 0 bridgehead atoms. The molecule has 2 heterocycles. The molecule has 0 aliphatic heterocycles. The van der Waals surface area contributed by atoms with E-state index in [2.05, 4.69) is 22.8 Å². The quantitative estimate of drug-likeness (QED) is 0.278. The number of nitrogens with two attached hydrogens (primary N) is 1. The zero-order valence-corrected chi connectivity index (χ0v) is 19.7. The fourth-order valence-electron chi connectivity index (χ4n) is 2.71. The number of carbonyl (C=O) groups is 1. The number of nitrogens with zero attached hydrogens (tertiary/aromatic N) is 2. The van der Waals surface area contributed by atoms with E-state index in [4.69, 9.17) is 43.3 Å². The molecule has 0 radical (unpaired) electrons. The molecule has 0 aliphatic rings. The molecular formula is C23H19Cl2N3O4S. The number of ether oxygens (including phenoxy) is 1. The molecule has 0 amide bonds. The van der Waals surface area contributed by atoms with Crippen LogP contribution in [0.25, 0.3) is 11.3 Å². The number of anilines is 1. The standard InChI is InChI=1S/C16H13Cl2N3O2.C7H6O2S/c1-9-11(8-22-14-6-5-10(19)7-20-14)16(21-23-9)15-12(17)3-2-4-13(15)18;8-7(9)5-1-3-6(10)4-2-5/h2-7H,8,19H2,1H3;1-4,10H,(H,8,9). The predicted molar refractivity (Wildman–Crippen MR) is 130 cm³/mol. The minimum absolute atomic E-state index is 0.225. The van der Waals surface area contributed by atoms with Crippen molar-refractivity contribution in [2.75, 3.05) is 5.73 Å². The van der Waals surface area contributed by atoms with Crippen LogP contribution >= 0.6 is 35.8 Å². The molecular weight excluding hydrogens is 485 g/mol. The zero-order chi connectivity index (χ0) is 24.0. The number of aromatic nitrogens is 2. The van der Waals surface area contributed by atoms with Crippen molar-refractivity contribution < 1.29 is 19.2 Å². The Morgan fingerprint density at radius 1 is 1.12 bits per heavy atom. The first-order chi connectivity index (χ1) is 15.8. The zero-order valence-electron chi connectivity index (χ0n) is 17.3. The summed E-state index contributed by atoms with van der Waals surface area (Å²) in [6, 6.07) is 15.0. The third-order valence-electron chi connectivity index (χ3n) is 4.42. The third kappa shape index (κ3) is 6.41. The lowest BCUT2D eigenvalue weighted by Crippen LogP contribution is -2.00. The fourth-order valence-corrected chi connectivity index (χ4v) is 3.43. The third-order valence-corrected chi connectivity index (χ3v) is 5.35. The molecule has 0 saturated carbocycles. The summed E-state index contributed by atoms with van der Waals surface area (Å²) in [6.07, 6.45) is 1.53. The van der Waals surface area contributed by atoms with Gasteiger partial charge in [-0.15, -0.1) is 12.6 Å². The normalized spacial score (nSPS) is 10.3. The van der Waals surface area contributed by atoms with E-state index in [9.17, 15) is 4.79 Å². The summed E-state index contributed by atoms with van der Waals surface area (Å²) >= 11 is 16.5. The molecule has 33 heavy (non-hydrogen) atoms. The number of thiol groups is 1. The van der Waals surface area contributed by atoms with Gasteiger partial charge >= 0.3 is 5.97 Å². The first-order valence-corrected chi connectivity index (χ1v) is 10.7. The molecule has 7 nitrogen and oxygen atoms in total. The molecule has 170 valence electrons. The number of aromatic carboxylic acids is 1. The van der Waals surface area contributed by atoms with Gasteiger partial charge in [0.25, 0.3) is 0 Å². The van der Waals surface area contributed by atoms with Crippen LogP contribution in [0.3, 0.4) is 0 Å². The topological polar surface area (TPSA) is 111 Å². The second-order valence-electron chi connectivity index (χ2n) is 6.73. The van der Waals surface area contributed by atoms with E-state index in [1.54, 1.807) is 49.4 Å². The van der Waals surface area contributed by atoms with Crippen LogP contribution in [0.5, 0.6) is 5.88 Å². The van der Waals surface area contributed by atoms with Gasteiger partial charge in [0.15, 0.2) is 0 Å². The van der Waals surface area contributed by atoms with Crippen molar-refractivity contribution in [3.63, 3.8) is 0 Å². The summed E-state index contributed by atoms with van der Waals surface area (Å²) in [6.45, 7) is 2.03. The fraction of sp³-hybridized carbons (Fsp3) is 0.0870. The molecule has 4 rings (SSSR count). The SMILES string of the molecule is Cc1onc(-c2c(Cl)cccc2Cl)c1COc1ccc(N)cn1.O=C(O)c1ccc(S)cc1. The van der Waals surface area contributed by atoms with Gasteiger partial charge in [0.1, 0.15) is 18.1 Å². The van der Waals surface area contributed by atoms with E-state index in [-0.39, 0.29) is 12.2 Å². The largest absolute Gasteiger partial charge is 0.478 e. The molecule has 3 N–H and O–H groups in total. The number of pyridine rings is 1. The van der Waals surface area contributed by atoms with E-state index in [0.717, 1.165) is 10.5 Å². The van der Waals surface area contributed by atoms with Gasteiger partial charge in [-0.25, -0.2) is 9.78 Å². The van der Waals surface area contributed by atoms with Gasteiger partial charge in [0, 0.05) is 16.5 Å². The average molecular weight is 504 g/mol. The smallest absolute Gasteiger partial charge is 0.335 e. The Hall–Kier alpha value is -3.20. The van der Waals surface area contributed by atoms with E-state index in [0.29, 0.717) is 38.6 Å². The first-order valence-electron chi connectivity index (χ1n) is 9.52. The number of hydrogen-bond donors (Lipinski definition) is 3. The first kappa shape index (κ1) is 24.4. The van der Waals surface area contributed by atoms with Crippen LogP contribution in [-0.4, -0.2) is 21.2 Å². The van der Waals surface area contributed by atoms with Crippen LogP contribution < -0.4 is 10.5 Å². The number of hydrogen-bond acceptors (Lipinski definition) is 7. The summed E-state index contributed by atoms with van der Waals surface area (Å²) in [7, 11) is 0. The highest BCUT2D eigenvalue weighted by Crippen LogP contribution is 2.37. The van der Waals surface area contributed by atoms with Gasteiger partial charge in [-0.3, -0.25) is 0 Å². The molecule has 0 aliphatic carbocycles. The molecule has 0 unspecified atom stereocenters. The van der Waals surface area contributed by atoms with Gasteiger partial charge in [-0.1, -0.05) is 34.4 Å². The Labute approximate surface area is 205 Å². The summed E-state index contributed by atoms with van der Waals surface area (Å²) in [5.74, 6) is 0.177. The maximum Gasteiger partial charge on any atom is 0.335 e. The van der Waals surface area contributed by atoms with Crippen molar-refractivity contribution in [3.05, 3.63) is 87.7 Å². The number of benzene rings is 2. The van der Waals surface area contributed by atoms with Crippen molar-refractivity contribution >= 4 is 47.5 Å². The van der Waals surface area contributed by atoms with Crippen molar-refractivity contribution in [1.29, 1.82) is 0 Å². The van der Waals surface area contributed by atoms with Crippen molar-refractivity contribution in [3.8, 4) is 17.1 Å². The Bertz CT molecular complexity index is 1230. The van der Waals surface area contributed by atoms with Gasteiger partial charge < -0.3 is 20.1 Å². The number of carboxylic acids is 1. The van der Waals surface area contributed by atoms with Crippen LogP contribution in [0.2, 0.25) is 10.0 Å². The Morgan fingerprint density at radius 2 is 1.79 bits per heavy atom. The Balaban J connectivity index is 0.000000257. The van der Waals surface area contributed by atoms with Crippen LogP contribution in [0.4, 0.5) is 5.69 Å². The summed E-state index contributed by atoms with van der Waals surface area (Å²) in [5, 5.41) is 13.5. The average Bonchev–Trinajstić information content (AvgIpc) is 3.14. The highest BCUT2D eigenvalue weighted by molar-refractivity contribution is 7.80. The van der Waals surface area contributed by atoms with Gasteiger partial charge in [-0.2, -0.15) is 0 Å². The molecule has 0 fully saturated rings. The molecule has 2 aromatic carbocycles. The van der Waals surface area contributed by atoms with Gasteiger partial charge in [0.05, 0.1) is 33.1 Å². The lowest BCUT2D eigenvalue weighted by Gasteiger charge is -2.08. The number of carboxylic acid groups (broad SMARTS) is 1. The number of nitrogen functional groups attached to an aromatic ring is 1. The van der Waals surface area contributed by atoms with Gasteiger partial charge in [0.2, 0.25) is 5.88 Å². The highest BCUT2D eigenvalue weighted by Gasteiger charge is 2.20. The number of halogens is 2.